The van der Waals surface area contributed by atoms with E-state index in [1.54, 1.807) is 0 Å². The van der Waals surface area contributed by atoms with Crippen LogP contribution in [0.4, 0.5) is 0 Å². The van der Waals surface area contributed by atoms with Gasteiger partial charge in [0.25, 0.3) is 0 Å². The van der Waals surface area contributed by atoms with E-state index in [4.69, 9.17) is 4.74 Å². The number of hydrogen-bond donors (Lipinski definition) is 0. The minimum absolute atomic E-state index is 0.0922. The number of fused-ring (bicyclic) bond motifs is 3. The Labute approximate surface area is 110 Å². The molecule has 3 rings (SSSR count). The van der Waals surface area contributed by atoms with Crippen LogP contribution in [0.15, 0.2) is 12.7 Å². The van der Waals surface area contributed by atoms with Crippen LogP contribution in [-0.2, 0) is 9.53 Å². The second-order valence-corrected chi connectivity index (χ2v) is 6.68. The lowest BCUT2D eigenvalue weighted by molar-refractivity contribution is -0.156. The van der Waals surface area contributed by atoms with Crippen molar-refractivity contribution in [3.05, 3.63) is 12.7 Å². The number of rotatable bonds is 3. The summed E-state index contributed by atoms with van der Waals surface area (Å²) in [7, 11) is 0. The van der Waals surface area contributed by atoms with E-state index >= 15 is 0 Å². The molecule has 3 nitrogen and oxygen atoms in total. The Kier molecular flexibility index (Phi) is 3.81. The molecule has 3 aliphatic heterocycles. The summed E-state index contributed by atoms with van der Waals surface area (Å²) in [4.78, 5) is 14.2. The quantitative estimate of drug-likeness (QED) is 0.570. The summed E-state index contributed by atoms with van der Waals surface area (Å²) >= 11 is 0. The van der Waals surface area contributed by atoms with Crippen LogP contribution in [0.25, 0.3) is 0 Å². The molecule has 18 heavy (non-hydrogen) atoms. The van der Waals surface area contributed by atoms with Crippen LogP contribution in [0.2, 0.25) is 0 Å². The highest BCUT2D eigenvalue weighted by molar-refractivity contribution is 5.75. The van der Waals surface area contributed by atoms with Gasteiger partial charge in [0, 0.05) is 12.6 Å². The molecule has 0 amide bonds. The van der Waals surface area contributed by atoms with Gasteiger partial charge in [-0.15, -0.1) is 6.58 Å². The van der Waals surface area contributed by atoms with Gasteiger partial charge in [-0.2, -0.15) is 0 Å². The topological polar surface area (TPSA) is 29.5 Å². The Morgan fingerprint density at radius 3 is 2.72 bits per heavy atom. The standard InChI is InChI=1S/C15H25NO2/c1-5-11-9-16-7-6-12(11)8-13(16)10-18-14(17)15(2,3)4/h5,11-13H,1,6-10H2,2-4H3/t11-,12-,13+/m0/s1. The van der Waals surface area contributed by atoms with Gasteiger partial charge in [0.05, 0.1) is 5.41 Å². The maximum absolute atomic E-state index is 11.8. The van der Waals surface area contributed by atoms with E-state index < -0.39 is 5.41 Å². The lowest BCUT2D eigenvalue weighted by Gasteiger charge is -2.48. The Morgan fingerprint density at radius 2 is 2.22 bits per heavy atom. The summed E-state index contributed by atoms with van der Waals surface area (Å²) in [5, 5.41) is 0. The van der Waals surface area contributed by atoms with E-state index in [0.717, 1.165) is 25.4 Å². The van der Waals surface area contributed by atoms with Gasteiger partial charge >= 0.3 is 5.97 Å². The third-order valence-electron chi connectivity index (χ3n) is 4.25. The molecule has 3 heteroatoms. The molecular formula is C15H25NO2. The van der Waals surface area contributed by atoms with Crippen LogP contribution in [-0.4, -0.2) is 36.6 Å². The highest BCUT2D eigenvalue weighted by atomic mass is 16.5. The van der Waals surface area contributed by atoms with Crippen molar-refractivity contribution < 1.29 is 9.53 Å². The van der Waals surface area contributed by atoms with E-state index in [9.17, 15) is 4.79 Å². The number of ether oxygens (including phenoxy) is 1. The molecule has 0 radical (unpaired) electrons. The van der Waals surface area contributed by atoms with Crippen LogP contribution in [0.3, 0.4) is 0 Å². The van der Waals surface area contributed by atoms with Crippen LogP contribution < -0.4 is 0 Å². The molecule has 0 spiro atoms. The van der Waals surface area contributed by atoms with Crippen molar-refractivity contribution in [3.8, 4) is 0 Å². The van der Waals surface area contributed by atoms with Crippen molar-refractivity contribution in [2.24, 2.45) is 17.3 Å². The molecule has 3 heterocycles. The molecule has 3 aliphatic rings. The van der Waals surface area contributed by atoms with Gasteiger partial charge in [0.15, 0.2) is 0 Å². The van der Waals surface area contributed by atoms with Crippen molar-refractivity contribution >= 4 is 5.97 Å². The van der Waals surface area contributed by atoms with Gasteiger partial charge in [0.1, 0.15) is 6.61 Å². The summed E-state index contributed by atoms with van der Waals surface area (Å²) < 4.78 is 5.46. The Balaban J connectivity index is 1.86. The van der Waals surface area contributed by atoms with E-state index in [2.05, 4.69) is 17.6 Å². The van der Waals surface area contributed by atoms with E-state index in [1.165, 1.54) is 6.42 Å². The SMILES string of the molecule is C=C[C@H]1CN2CC[C@H]1C[C@@H]2COC(=O)C(C)(C)C. The van der Waals surface area contributed by atoms with Crippen molar-refractivity contribution in [2.75, 3.05) is 19.7 Å². The number of hydrogen-bond acceptors (Lipinski definition) is 3. The Hall–Kier alpha value is -0.830. The largest absolute Gasteiger partial charge is 0.464 e. The second-order valence-electron chi connectivity index (χ2n) is 6.68. The van der Waals surface area contributed by atoms with E-state index in [-0.39, 0.29) is 5.97 Å². The first-order valence-electron chi connectivity index (χ1n) is 6.95. The minimum atomic E-state index is -0.396. The lowest BCUT2D eigenvalue weighted by Crippen LogP contribution is -2.54. The molecule has 0 aromatic carbocycles. The molecule has 0 aromatic rings. The molecular weight excluding hydrogens is 226 g/mol. The zero-order valence-electron chi connectivity index (χ0n) is 11.8. The summed E-state index contributed by atoms with van der Waals surface area (Å²) in [6.45, 7) is 12.4. The number of carbonyl (C=O) groups excluding carboxylic acids is 1. The number of nitrogens with zero attached hydrogens (tertiary/aromatic N) is 1. The fourth-order valence-corrected chi connectivity index (χ4v) is 3.01. The average molecular weight is 251 g/mol. The van der Waals surface area contributed by atoms with Crippen molar-refractivity contribution in [1.29, 1.82) is 0 Å². The summed E-state index contributed by atoms with van der Waals surface area (Å²) in [5.74, 6) is 1.28. The van der Waals surface area contributed by atoms with Crippen LogP contribution >= 0.6 is 0 Å². The molecule has 0 N–H and O–H groups in total. The van der Waals surface area contributed by atoms with Gasteiger partial charge in [-0.3, -0.25) is 9.69 Å². The molecule has 2 bridgehead atoms. The second kappa shape index (κ2) is 5.04. The maximum Gasteiger partial charge on any atom is 0.311 e. The average Bonchev–Trinajstić information content (AvgIpc) is 2.35. The predicted octanol–water partition coefficient (Wildman–Crippen LogP) is 2.47. The number of esters is 1. The maximum atomic E-state index is 11.8. The van der Waals surface area contributed by atoms with E-state index in [0.29, 0.717) is 18.6 Å². The molecule has 1 unspecified atom stereocenters. The molecule has 3 saturated heterocycles. The third kappa shape index (κ3) is 2.77. The van der Waals surface area contributed by atoms with Gasteiger partial charge < -0.3 is 4.74 Å². The van der Waals surface area contributed by atoms with Crippen LogP contribution in [0.5, 0.6) is 0 Å². The van der Waals surface area contributed by atoms with Gasteiger partial charge in [-0.25, -0.2) is 0 Å². The highest BCUT2D eigenvalue weighted by Gasteiger charge is 2.39. The first-order valence-corrected chi connectivity index (χ1v) is 6.95. The fourth-order valence-electron chi connectivity index (χ4n) is 3.01. The monoisotopic (exact) mass is 251 g/mol. The molecule has 0 aromatic heterocycles. The summed E-state index contributed by atoms with van der Waals surface area (Å²) in [6.07, 6.45) is 4.50. The lowest BCUT2D eigenvalue weighted by atomic mass is 9.76. The smallest absolute Gasteiger partial charge is 0.311 e. The molecule has 3 fully saturated rings. The van der Waals surface area contributed by atoms with E-state index in [1.807, 2.05) is 20.8 Å². The van der Waals surface area contributed by atoms with Crippen molar-refractivity contribution in [1.82, 2.24) is 4.90 Å². The van der Waals surface area contributed by atoms with Crippen LogP contribution in [0, 0.1) is 17.3 Å². The Bertz CT molecular complexity index is 332. The summed E-state index contributed by atoms with van der Waals surface area (Å²) in [5.41, 5.74) is -0.396. The Morgan fingerprint density at radius 1 is 1.50 bits per heavy atom. The van der Waals surface area contributed by atoms with Crippen molar-refractivity contribution in [2.45, 2.75) is 39.7 Å². The first-order chi connectivity index (χ1) is 8.41. The third-order valence-corrected chi connectivity index (χ3v) is 4.25. The zero-order valence-corrected chi connectivity index (χ0v) is 11.8. The normalized spacial score (nSPS) is 35.3. The number of carbonyl (C=O) groups is 1. The molecule has 0 aliphatic carbocycles. The van der Waals surface area contributed by atoms with Gasteiger partial charge in [0.2, 0.25) is 0 Å². The van der Waals surface area contributed by atoms with Crippen LogP contribution in [0.1, 0.15) is 33.6 Å². The van der Waals surface area contributed by atoms with Gasteiger partial charge in [-0.05, 0) is 52.0 Å². The number of piperidine rings is 3. The summed E-state index contributed by atoms with van der Waals surface area (Å²) in [6, 6.07) is 0.422. The van der Waals surface area contributed by atoms with Gasteiger partial charge in [-0.1, -0.05) is 6.08 Å². The zero-order chi connectivity index (χ0) is 13.3. The molecule has 4 atom stereocenters. The van der Waals surface area contributed by atoms with Crippen molar-refractivity contribution in [3.63, 3.8) is 0 Å². The minimum Gasteiger partial charge on any atom is -0.464 e. The predicted molar refractivity (Wildman–Crippen MR) is 72.2 cm³/mol. The fraction of sp³-hybridized carbons (Fsp3) is 0.800. The highest BCUT2D eigenvalue weighted by Crippen LogP contribution is 2.36. The first kappa shape index (κ1) is 13.6. The molecule has 102 valence electrons. The molecule has 0 saturated carbocycles.